The number of piperidine rings is 2. The molecule has 2 saturated heterocycles. The largest absolute Gasteiger partial charge is 0.325 e. The van der Waals surface area contributed by atoms with Gasteiger partial charge in [-0.25, -0.2) is 4.79 Å². The van der Waals surface area contributed by atoms with Crippen LogP contribution in [0.15, 0.2) is 42.7 Å². The van der Waals surface area contributed by atoms with Crippen molar-refractivity contribution in [2.45, 2.75) is 63.1 Å². The Morgan fingerprint density at radius 2 is 1.85 bits per heavy atom. The number of likely N-dealkylation sites (tertiary alicyclic amines) is 1. The molecule has 3 aromatic rings. The minimum absolute atomic E-state index is 0.142. The number of urea groups is 1. The first kappa shape index (κ1) is 24.8. The number of anilines is 1. The van der Waals surface area contributed by atoms with Crippen LogP contribution in [0.1, 0.15) is 66.1 Å². The standard InChI is InChI=1S/C30H32N6O4/c1-33(20-6-7-20)30(40)34-13-11-21(12-14-34)35-17-18(16-31-35)15-19-5-8-24-27-22(19)3-2-4-23(27)29(39)36(24)25-9-10-26(37)32-28(25)38/h2-5,8,16-17,20-21,25H,6-7,9-15H2,1H3,(H,32,37,38). The molecule has 0 bridgehead atoms. The van der Waals surface area contributed by atoms with Gasteiger partial charge in [0.15, 0.2) is 0 Å². The Bertz CT molecular complexity index is 1550. The summed E-state index contributed by atoms with van der Waals surface area (Å²) in [6, 6.07) is 9.79. The third-order valence-electron chi connectivity index (χ3n) is 8.89. The van der Waals surface area contributed by atoms with Crippen LogP contribution in [0.2, 0.25) is 0 Å². The molecule has 1 saturated carbocycles. The summed E-state index contributed by atoms with van der Waals surface area (Å²) in [5.41, 5.74) is 3.47. The summed E-state index contributed by atoms with van der Waals surface area (Å²) in [5, 5.41) is 8.89. The lowest BCUT2D eigenvalue weighted by Gasteiger charge is -2.34. The molecule has 3 fully saturated rings. The molecule has 1 aliphatic carbocycles. The van der Waals surface area contributed by atoms with Crippen molar-refractivity contribution in [3.63, 3.8) is 0 Å². The van der Waals surface area contributed by atoms with E-state index in [2.05, 4.69) is 16.6 Å². The average Bonchev–Trinajstić information content (AvgIpc) is 3.65. The minimum Gasteiger partial charge on any atom is -0.325 e. The molecule has 4 heterocycles. The van der Waals surface area contributed by atoms with Crippen LogP contribution < -0.4 is 10.2 Å². The number of nitrogens with zero attached hydrogens (tertiary/aromatic N) is 5. The van der Waals surface area contributed by atoms with Crippen LogP contribution in [-0.4, -0.2) is 75.6 Å². The molecule has 5 amide bonds. The maximum absolute atomic E-state index is 13.4. The van der Waals surface area contributed by atoms with E-state index in [0.717, 1.165) is 66.4 Å². The highest BCUT2D eigenvalue weighted by Crippen LogP contribution is 2.41. The van der Waals surface area contributed by atoms with Crippen molar-refractivity contribution in [2.24, 2.45) is 0 Å². The Morgan fingerprint density at radius 1 is 1.05 bits per heavy atom. The lowest BCUT2D eigenvalue weighted by Crippen LogP contribution is -2.53. The Labute approximate surface area is 231 Å². The molecule has 4 aliphatic rings. The molecule has 1 N–H and O–H groups in total. The van der Waals surface area contributed by atoms with Gasteiger partial charge in [0.05, 0.1) is 17.9 Å². The quantitative estimate of drug-likeness (QED) is 0.500. The first-order chi connectivity index (χ1) is 19.4. The zero-order valence-electron chi connectivity index (χ0n) is 22.5. The monoisotopic (exact) mass is 540 g/mol. The van der Waals surface area contributed by atoms with Gasteiger partial charge in [-0.2, -0.15) is 5.10 Å². The number of imide groups is 1. The molecule has 10 heteroatoms. The third-order valence-corrected chi connectivity index (χ3v) is 8.89. The number of benzene rings is 2. The van der Waals surface area contributed by atoms with Crippen molar-refractivity contribution in [3.8, 4) is 0 Å². The Hall–Kier alpha value is -4.21. The molecule has 1 atom stereocenters. The second kappa shape index (κ2) is 9.46. The van der Waals surface area contributed by atoms with E-state index in [1.54, 1.807) is 11.0 Å². The average molecular weight is 541 g/mol. The van der Waals surface area contributed by atoms with Gasteiger partial charge in [0.25, 0.3) is 5.91 Å². The molecule has 3 aliphatic heterocycles. The van der Waals surface area contributed by atoms with Gasteiger partial charge in [-0.15, -0.1) is 0 Å². The van der Waals surface area contributed by atoms with Gasteiger partial charge in [-0.1, -0.05) is 18.2 Å². The van der Waals surface area contributed by atoms with Gasteiger partial charge in [-0.3, -0.25) is 29.3 Å². The van der Waals surface area contributed by atoms with Crippen LogP contribution in [0.5, 0.6) is 0 Å². The maximum Gasteiger partial charge on any atom is 0.319 e. The van der Waals surface area contributed by atoms with Crippen molar-refractivity contribution in [2.75, 3.05) is 25.0 Å². The Morgan fingerprint density at radius 3 is 2.60 bits per heavy atom. The molecule has 2 aromatic carbocycles. The highest BCUT2D eigenvalue weighted by molar-refractivity contribution is 6.27. The molecule has 0 spiro atoms. The maximum atomic E-state index is 13.4. The Kier molecular flexibility index (Phi) is 5.87. The van der Waals surface area contributed by atoms with E-state index in [0.29, 0.717) is 24.4 Å². The van der Waals surface area contributed by atoms with Gasteiger partial charge in [0.1, 0.15) is 6.04 Å². The second-order valence-corrected chi connectivity index (χ2v) is 11.5. The SMILES string of the molecule is CN(C(=O)N1CCC(n2cc(Cc3ccc4c5c(cccc35)C(=O)N4C3CCC(=O)NC3=O)cn2)CC1)C1CC1. The minimum atomic E-state index is -0.694. The summed E-state index contributed by atoms with van der Waals surface area (Å²) in [6.45, 7) is 1.48. The van der Waals surface area contributed by atoms with Crippen LogP contribution in [0.4, 0.5) is 10.5 Å². The zero-order valence-corrected chi connectivity index (χ0v) is 22.5. The van der Waals surface area contributed by atoms with E-state index < -0.39 is 11.9 Å². The molecule has 1 unspecified atom stereocenters. The van der Waals surface area contributed by atoms with Gasteiger partial charge < -0.3 is 9.80 Å². The third kappa shape index (κ3) is 4.13. The summed E-state index contributed by atoms with van der Waals surface area (Å²) >= 11 is 0. The van der Waals surface area contributed by atoms with Crippen molar-refractivity contribution in [1.29, 1.82) is 0 Å². The second-order valence-electron chi connectivity index (χ2n) is 11.5. The topological polar surface area (TPSA) is 108 Å². The predicted molar refractivity (Wildman–Crippen MR) is 148 cm³/mol. The molecule has 40 heavy (non-hydrogen) atoms. The van der Waals surface area contributed by atoms with E-state index in [1.807, 2.05) is 52.0 Å². The fraction of sp³-hybridized carbons (Fsp3) is 0.433. The number of nitrogens with one attached hydrogen (secondary N) is 1. The van der Waals surface area contributed by atoms with Crippen molar-refractivity contribution in [3.05, 3.63) is 59.4 Å². The lowest BCUT2D eigenvalue weighted by atomic mass is 9.97. The number of aromatic nitrogens is 2. The van der Waals surface area contributed by atoms with E-state index in [1.165, 1.54) is 0 Å². The van der Waals surface area contributed by atoms with Crippen molar-refractivity contribution < 1.29 is 19.2 Å². The Balaban J connectivity index is 1.08. The highest BCUT2D eigenvalue weighted by Gasteiger charge is 2.41. The molecule has 0 radical (unpaired) electrons. The van der Waals surface area contributed by atoms with Crippen molar-refractivity contribution >= 4 is 40.2 Å². The first-order valence-corrected chi connectivity index (χ1v) is 14.2. The van der Waals surface area contributed by atoms with Gasteiger partial charge in [0.2, 0.25) is 11.8 Å². The molecular weight excluding hydrogens is 508 g/mol. The molecule has 10 nitrogen and oxygen atoms in total. The predicted octanol–water partition coefficient (Wildman–Crippen LogP) is 3.24. The van der Waals surface area contributed by atoms with E-state index >= 15 is 0 Å². The summed E-state index contributed by atoms with van der Waals surface area (Å²) in [6.07, 6.45) is 9.19. The molecular formula is C30H32N6O4. The lowest BCUT2D eigenvalue weighted by molar-refractivity contribution is -0.134. The number of amides is 5. The normalized spacial score (nSPS) is 21.3. The number of rotatable bonds is 5. The van der Waals surface area contributed by atoms with Crippen LogP contribution in [0.3, 0.4) is 0 Å². The number of carbonyl (C=O) groups is 4. The van der Waals surface area contributed by atoms with Gasteiger partial charge >= 0.3 is 6.03 Å². The first-order valence-electron chi connectivity index (χ1n) is 14.2. The number of hydrogen-bond donors (Lipinski definition) is 1. The smallest absolute Gasteiger partial charge is 0.319 e. The highest BCUT2D eigenvalue weighted by atomic mass is 16.2. The molecule has 7 rings (SSSR count). The van der Waals surface area contributed by atoms with Crippen LogP contribution in [0, 0.1) is 0 Å². The molecule has 1 aromatic heterocycles. The summed E-state index contributed by atoms with van der Waals surface area (Å²) < 4.78 is 2.04. The van der Waals surface area contributed by atoms with Gasteiger partial charge in [-0.05, 0) is 60.7 Å². The van der Waals surface area contributed by atoms with Crippen molar-refractivity contribution in [1.82, 2.24) is 24.9 Å². The van der Waals surface area contributed by atoms with E-state index in [-0.39, 0.29) is 30.3 Å². The van der Waals surface area contributed by atoms with E-state index in [4.69, 9.17) is 0 Å². The fourth-order valence-corrected chi connectivity index (χ4v) is 6.51. The summed E-state index contributed by atoms with van der Waals surface area (Å²) in [7, 11) is 1.91. The van der Waals surface area contributed by atoms with Crippen LogP contribution >= 0.6 is 0 Å². The molecule has 206 valence electrons. The number of carbonyl (C=O) groups excluding carboxylic acids is 4. The van der Waals surface area contributed by atoms with Crippen LogP contribution in [-0.2, 0) is 16.0 Å². The van der Waals surface area contributed by atoms with E-state index in [9.17, 15) is 19.2 Å². The zero-order chi connectivity index (χ0) is 27.5. The van der Waals surface area contributed by atoms with Gasteiger partial charge in [0, 0.05) is 56.2 Å². The van der Waals surface area contributed by atoms with Crippen LogP contribution in [0.25, 0.3) is 10.8 Å². The summed E-state index contributed by atoms with van der Waals surface area (Å²) in [5.74, 6) is -0.924. The fourth-order valence-electron chi connectivity index (χ4n) is 6.51. The summed E-state index contributed by atoms with van der Waals surface area (Å²) in [4.78, 5) is 55.8. The number of hydrogen-bond acceptors (Lipinski definition) is 5.